The Balaban J connectivity index is 2.09. The van der Waals surface area contributed by atoms with Gasteiger partial charge in [0.1, 0.15) is 0 Å². The molecule has 0 aromatic rings. The van der Waals surface area contributed by atoms with Crippen molar-refractivity contribution in [2.45, 2.75) is 46.0 Å². The number of nitrogens with zero attached hydrogens (tertiary/aromatic N) is 2. The fourth-order valence-electron chi connectivity index (χ4n) is 2.75. The molecule has 7 heteroatoms. The van der Waals surface area contributed by atoms with Crippen LogP contribution in [-0.2, 0) is 19.7 Å². The van der Waals surface area contributed by atoms with Crippen LogP contribution in [-0.4, -0.2) is 68.1 Å². The normalized spacial score (nSPS) is 34.5. The van der Waals surface area contributed by atoms with Crippen LogP contribution < -0.4 is 0 Å². The van der Waals surface area contributed by atoms with Gasteiger partial charge >= 0.3 is 0 Å². The van der Waals surface area contributed by atoms with Crippen LogP contribution in [0.4, 0.5) is 0 Å². The van der Waals surface area contributed by atoms with Crippen LogP contribution in [0.1, 0.15) is 27.7 Å². The zero-order valence-corrected chi connectivity index (χ0v) is 13.6. The highest BCUT2D eigenvalue weighted by Crippen LogP contribution is 2.21. The molecule has 0 unspecified atom stereocenters. The highest BCUT2D eigenvalue weighted by molar-refractivity contribution is 7.86. The molecule has 2 aliphatic rings. The molecule has 6 nitrogen and oxygen atoms in total. The van der Waals surface area contributed by atoms with E-state index in [0.717, 1.165) is 0 Å². The van der Waals surface area contributed by atoms with Crippen molar-refractivity contribution in [3.63, 3.8) is 0 Å². The van der Waals surface area contributed by atoms with Gasteiger partial charge in [-0.05, 0) is 19.8 Å². The Bertz CT molecular complexity index is 416. The van der Waals surface area contributed by atoms with E-state index in [-0.39, 0.29) is 18.3 Å². The summed E-state index contributed by atoms with van der Waals surface area (Å²) in [5.74, 6) is 0.315. The van der Waals surface area contributed by atoms with Gasteiger partial charge < -0.3 is 9.47 Å². The first-order valence-corrected chi connectivity index (χ1v) is 8.72. The Hall–Kier alpha value is -0.210. The van der Waals surface area contributed by atoms with E-state index < -0.39 is 10.2 Å². The van der Waals surface area contributed by atoms with Crippen LogP contribution >= 0.6 is 0 Å². The summed E-state index contributed by atoms with van der Waals surface area (Å²) in [5, 5.41) is 0. The van der Waals surface area contributed by atoms with Gasteiger partial charge in [-0.25, -0.2) is 0 Å². The van der Waals surface area contributed by atoms with E-state index in [1.165, 1.54) is 0 Å². The SMILES string of the molecule is CC(C)[C@H]1CN(S(=O)(=O)N2C[C@@H](C)O[C@@H](C)C2)CCO1. The summed E-state index contributed by atoms with van der Waals surface area (Å²) in [4.78, 5) is 0. The zero-order valence-electron chi connectivity index (χ0n) is 12.8. The van der Waals surface area contributed by atoms with E-state index in [2.05, 4.69) is 13.8 Å². The lowest BCUT2D eigenvalue weighted by atomic mass is 10.1. The maximum atomic E-state index is 12.7. The second-order valence-electron chi connectivity index (χ2n) is 6.09. The molecule has 2 fully saturated rings. The van der Waals surface area contributed by atoms with Crippen LogP contribution in [0.25, 0.3) is 0 Å². The minimum atomic E-state index is -3.41. The molecule has 2 saturated heterocycles. The predicted octanol–water partition coefficient (Wildman–Crippen LogP) is 0.697. The van der Waals surface area contributed by atoms with Crippen molar-refractivity contribution in [3.8, 4) is 0 Å². The summed E-state index contributed by atoms with van der Waals surface area (Å²) in [7, 11) is -3.41. The molecule has 2 aliphatic heterocycles. The molecule has 0 radical (unpaired) electrons. The van der Waals surface area contributed by atoms with Crippen molar-refractivity contribution < 1.29 is 17.9 Å². The average Bonchev–Trinajstić information content (AvgIpc) is 2.37. The van der Waals surface area contributed by atoms with Gasteiger partial charge in [0.15, 0.2) is 0 Å². The zero-order chi connectivity index (χ0) is 14.9. The lowest BCUT2D eigenvalue weighted by Crippen LogP contribution is -2.56. The number of morpholine rings is 2. The van der Waals surface area contributed by atoms with Crippen molar-refractivity contribution in [1.82, 2.24) is 8.61 Å². The molecule has 0 bridgehead atoms. The third-order valence-corrected chi connectivity index (χ3v) is 5.77. The van der Waals surface area contributed by atoms with E-state index in [9.17, 15) is 8.42 Å². The fourth-order valence-corrected chi connectivity index (χ4v) is 4.51. The van der Waals surface area contributed by atoms with Crippen molar-refractivity contribution in [2.24, 2.45) is 5.92 Å². The maximum absolute atomic E-state index is 12.7. The van der Waals surface area contributed by atoms with Crippen LogP contribution in [0.15, 0.2) is 0 Å². The van der Waals surface area contributed by atoms with E-state index >= 15 is 0 Å². The summed E-state index contributed by atoms with van der Waals surface area (Å²) >= 11 is 0. The molecule has 0 spiro atoms. The summed E-state index contributed by atoms with van der Waals surface area (Å²) in [6, 6.07) is 0. The summed E-state index contributed by atoms with van der Waals surface area (Å²) in [5.41, 5.74) is 0. The van der Waals surface area contributed by atoms with E-state index in [1.807, 2.05) is 13.8 Å². The van der Waals surface area contributed by atoms with Gasteiger partial charge in [0.2, 0.25) is 0 Å². The van der Waals surface area contributed by atoms with Crippen LogP contribution in [0, 0.1) is 5.92 Å². The molecule has 0 saturated carbocycles. The molecule has 2 heterocycles. The van der Waals surface area contributed by atoms with Gasteiger partial charge in [-0.1, -0.05) is 13.8 Å². The molecule has 20 heavy (non-hydrogen) atoms. The minimum Gasteiger partial charge on any atom is -0.375 e. The Kier molecular flexibility index (Phi) is 5.07. The summed E-state index contributed by atoms with van der Waals surface area (Å²) < 4.78 is 39.8. The van der Waals surface area contributed by atoms with E-state index in [4.69, 9.17) is 9.47 Å². The molecule has 2 rings (SSSR count). The number of rotatable bonds is 3. The van der Waals surface area contributed by atoms with Gasteiger partial charge in [-0.3, -0.25) is 0 Å². The predicted molar refractivity (Wildman–Crippen MR) is 76.7 cm³/mol. The highest BCUT2D eigenvalue weighted by Gasteiger charge is 2.38. The molecule has 0 aliphatic carbocycles. The highest BCUT2D eigenvalue weighted by atomic mass is 32.2. The Labute approximate surface area is 122 Å². The largest absolute Gasteiger partial charge is 0.375 e. The average molecular weight is 306 g/mol. The molecule has 0 aromatic heterocycles. The van der Waals surface area contributed by atoms with Crippen LogP contribution in [0.5, 0.6) is 0 Å². The van der Waals surface area contributed by atoms with Crippen LogP contribution in [0.2, 0.25) is 0 Å². The molecular weight excluding hydrogens is 280 g/mol. The van der Waals surface area contributed by atoms with Gasteiger partial charge in [0.05, 0.1) is 24.9 Å². The van der Waals surface area contributed by atoms with Crippen molar-refractivity contribution >= 4 is 10.2 Å². The quantitative estimate of drug-likeness (QED) is 0.770. The minimum absolute atomic E-state index is 0.0191. The molecular formula is C13H26N2O4S. The third-order valence-electron chi connectivity index (χ3n) is 3.84. The number of hydrogen-bond donors (Lipinski definition) is 0. The maximum Gasteiger partial charge on any atom is 0.282 e. The monoisotopic (exact) mass is 306 g/mol. The third kappa shape index (κ3) is 3.51. The topological polar surface area (TPSA) is 59.1 Å². The Morgan fingerprint density at radius 1 is 1.05 bits per heavy atom. The standard InChI is InChI=1S/C13H26N2O4S/c1-10(2)13-9-14(5-6-18-13)20(16,17)15-7-11(3)19-12(4)8-15/h10-13H,5-9H2,1-4H3/t11-,12+,13-/m1/s1. The molecule has 0 N–H and O–H groups in total. The first-order valence-electron chi connectivity index (χ1n) is 7.33. The van der Waals surface area contributed by atoms with Gasteiger partial charge in [-0.15, -0.1) is 0 Å². The smallest absolute Gasteiger partial charge is 0.282 e. The van der Waals surface area contributed by atoms with Crippen molar-refractivity contribution in [1.29, 1.82) is 0 Å². The van der Waals surface area contributed by atoms with Crippen molar-refractivity contribution in [3.05, 3.63) is 0 Å². The van der Waals surface area contributed by atoms with Gasteiger partial charge in [0.25, 0.3) is 10.2 Å². The first-order chi connectivity index (χ1) is 9.30. The second-order valence-corrected chi connectivity index (χ2v) is 8.02. The summed E-state index contributed by atoms with van der Waals surface area (Å²) in [6.45, 7) is 10.1. The first kappa shape index (κ1) is 16.2. The lowest BCUT2D eigenvalue weighted by Gasteiger charge is -2.40. The lowest BCUT2D eigenvalue weighted by molar-refractivity contribution is -0.0508. The van der Waals surface area contributed by atoms with Gasteiger partial charge in [0, 0.05) is 26.2 Å². The van der Waals surface area contributed by atoms with Gasteiger partial charge in [-0.2, -0.15) is 17.0 Å². The molecule has 0 aromatic carbocycles. The Morgan fingerprint density at radius 3 is 2.20 bits per heavy atom. The number of hydrogen-bond acceptors (Lipinski definition) is 4. The summed E-state index contributed by atoms with van der Waals surface area (Å²) in [6.07, 6.45) is -0.139. The van der Waals surface area contributed by atoms with E-state index in [0.29, 0.717) is 38.7 Å². The molecule has 0 amide bonds. The molecule has 3 atom stereocenters. The van der Waals surface area contributed by atoms with Crippen LogP contribution in [0.3, 0.4) is 0 Å². The number of ether oxygens (including phenoxy) is 2. The van der Waals surface area contributed by atoms with Crippen molar-refractivity contribution in [2.75, 3.05) is 32.8 Å². The Morgan fingerprint density at radius 2 is 1.65 bits per heavy atom. The fraction of sp³-hybridized carbons (Fsp3) is 1.00. The molecule has 118 valence electrons. The van der Waals surface area contributed by atoms with E-state index in [1.54, 1.807) is 8.61 Å². The second kappa shape index (κ2) is 6.27.